The van der Waals surface area contributed by atoms with Crippen LogP contribution in [0, 0.1) is 5.82 Å². The second-order valence-corrected chi connectivity index (χ2v) is 5.13. The Labute approximate surface area is 134 Å². The van der Waals surface area contributed by atoms with Crippen molar-refractivity contribution in [1.82, 2.24) is 0 Å². The van der Waals surface area contributed by atoms with Crippen LogP contribution in [0.25, 0.3) is 11.1 Å². The molecule has 3 aromatic rings. The fourth-order valence-electron chi connectivity index (χ4n) is 2.37. The van der Waals surface area contributed by atoms with Gasteiger partial charge in [0.25, 0.3) is 0 Å². The molecule has 0 radical (unpaired) electrons. The fraction of sp³-hybridized carbons (Fsp3) is 0.0500. The lowest BCUT2D eigenvalue weighted by molar-refractivity contribution is 0.112. The molecule has 3 rings (SSSR count). The highest BCUT2D eigenvalue weighted by Crippen LogP contribution is 2.32. The van der Waals surface area contributed by atoms with E-state index in [1.54, 1.807) is 12.1 Å². The fourth-order valence-corrected chi connectivity index (χ4v) is 2.37. The van der Waals surface area contributed by atoms with E-state index in [1.807, 2.05) is 42.5 Å². The van der Waals surface area contributed by atoms with Crippen molar-refractivity contribution in [3.05, 3.63) is 89.7 Å². The molecule has 0 amide bonds. The van der Waals surface area contributed by atoms with E-state index >= 15 is 0 Å². The SMILES string of the molecule is O=Cc1ccc(F)c(-c2ccccc2OCc2ccccc2)c1. The average Bonchev–Trinajstić information content (AvgIpc) is 2.62. The molecule has 0 saturated carbocycles. The molecule has 0 aliphatic heterocycles. The molecular formula is C20H15FO2. The molecule has 3 aromatic carbocycles. The molecule has 0 aliphatic rings. The van der Waals surface area contributed by atoms with Crippen LogP contribution in [0.4, 0.5) is 4.39 Å². The summed E-state index contributed by atoms with van der Waals surface area (Å²) in [5.41, 5.74) is 2.45. The van der Waals surface area contributed by atoms with Crippen molar-refractivity contribution in [2.45, 2.75) is 6.61 Å². The predicted molar refractivity (Wildman–Crippen MR) is 88.0 cm³/mol. The molecule has 0 heterocycles. The topological polar surface area (TPSA) is 26.3 Å². The molecule has 3 heteroatoms. The van der Waals surface area contributed by atoms with Crippen LogP contribution in [0.3, 0.4) is 0 Å². The van der Waals surface area contributed by atoms with E-state index in [2.05, 4.69) is 0 Å². The molecule has 0 aliphatic carbocycles. The van der Waals surface area contributed by atoms with Crippen LogP contribution in [0.15, 0.2) is 72.8 Å². The van der Waals surface area contributed by atoms with Gasteiger partial charge in [0.1, 0.15) is 24.5 Å². The van der Waals surface area contributed by atoms with Crippen LogP contribution < -0.4 is 4.74 Å². The van der Waals surface area contributed by atoms with Crippen LogP contribution >= 0.6 is 0 Å². The lowest BCUT2D eigenvalue weighted by atomic mass is 10.0. The van der Waals surface area contributed by atoms with Crippen molar-refractivity contribution in [3.8, 4) is 16.9 Å². The first-order valence-electron chi connectivity index (χ1n) is 7.29. The van der Waals surface area contributed by atoms with Crippen molar-refractivity contribution >= 4 is 6.29 Å². The van der Waals surface area contributed by atoms with E-state index < -0.39 is 0 Å². The van der Waals surface area contributed by atoms with Crippen molar-refractivity contribution < 1.29 is 13.9 Å². The second kappa shape index (κ2) is 6.88. The molecule has 0 spiro atoms. The third-order valence-electron chi connectivity index (χ3n) is 3.54. The van der Waals surface area contributed by atoms with E-state index in [0.29, 0.717) is 35.3 Å². The molecule has 0 aromatic heterocycles. The quantitative estimate of drug-likeness (QED) is 0.628. The zero-order chi connectivity index (χ0) is 16.1. The minimum Gasteiger partial charge on any atom is -0.488 e. The number of aldehydes is 1. The van der Waals surface area contributed by atoms with Crippen LogP contribution in [-0.2, 0) is 6.61 Å². The van der Waals surface area contributed by atoms with Gasteiger partial charge in [0.2, 0.25) is 0 Å². The summed E-state index contributed by atoms with van der Waals surface area (Å²) >= 11 is 0. The normalized spacial score (nSPS) is 10.3. The minimum atomic E-state index is -0.383. The van der Waals surface area contributed by atoms with Crippen LogP contribution in [0.5, 0.6) is 5.75 Å². The van der Waals surface area contributed by atoms with E-state index in [1.165, 1.54) is 18.2 Å². The predicted octanol–water partition coefficient (Wildman–Crippen LogP) is 4.88. The Bertz CT molecular complexity index is 813. The Kier molecular flexibility index (Phi) is 4.48. The highest BCUT2D eigenvalue weighted by atomic mass is 19.1. The zero-order valence-electron chi connectivity index (χ0n) is 12.4. The summed E-state index contributed by atoms with van der Waals surface area (Å²) < 4.78 is 20.0. The Morgan fingerprint density at radius 3 is 2.39 bits per heavy atom. The summed E-state index contributed by atoms with van der Waals surface area (Å²) in [6, 6.07) is 21.3. The first kappa shape index (κ1) is 15.0. The van der Waals surface area contributed by atoms with Gasteiger partial charge in [0.05, 0.1) is 0 Å². The summed E-state index contributed by atoms with van der Waals surface area (Å²) in [6.45, 7) is 0.396. The lowest BCUT2D eigenvalue weighted by Gasteiger charge is -2.12. The van der Waals surface area contributed by atoms with Gasteiger partial charge in [0, 0.05) is 16.7 Å². The third-order valence-corrected chi connectivity index (χ3v) is 3.54. The van der Waals surface area contributed by atoms with Gasteiger partial charge < -0.3 is 4.74 Å². The van der Waals surface area contributed by atoms with Crippen molar-refractivity contribution in [2.75, 3.05) is 0 Å². The van der Waals surface area contributed by atoms with Crippen molar-refractivity contribution in [3.63, 3.8) is 0 Å². The lowest BCUT2D eigenvalue weighted by Crippen LogP contribution is -1.98. The van der Waals surface area contributed by atoms with E-state index in [4.69, 9.17) is 4.74 Å². The second-order valence-electron chi connectivity index (χ2n) is 5.13. The van der Waals surface area contributed by atoms with Gasteiger partial charge in [-0.2, -0.15) is 0 Å². The highest BCUT2D eigenvalue weighted by Gasteiger charge is 2.11. The monoisotopic (exact) mass is 306 g/mol. The number of hydrogen-bond donors (Lipinski definition) is 0. The van der Waals surface area contributed by atoms with Gasteiger partial charge in [-0.15, -0.1) is 0 Å². The molecule has 0 atom stereocenters. The van der Waals surface area contributed by atoms with Gasteiger partial charge in [-0.1, -0.05) is 48.5 Å². The number of carbonyl (C=O) groups excluding carboxylic acids is 1. The maximum Gasteiger partial charge on any atom is 0.150 e. The molecule has 114 valence electrons. The van der Waals surface area contributed by atoms with E-state index in [0.717, 1.165) is 5.56 Å². The average molecular weight is 306 g/mol. The summed E-state index contributed by atoms with van der Waals surface area (Å²) in [4.78, 5) is 10.9. The molecular weight excluding hydrogens is 291 g/mol. The number of para-hydroxylation sites is 1. The first-order valence-corrected chi connectivity index (χ1v) is 7.29. The number of halogens is 1. The molecule has 0 N–H and O–H groups in total. The van der Waals surface area contributed by atoms with Crippen LogP contribution in [-0.4, -0.2) is 6.29 Å². The van der Waals surface area contributed by atoms with Gasteiger partial charge in [-0.05, 0) is 29.8 Å². The third kappa shape index (κ3) is 3.46. The van der Waals surface area contributed by atoms with Gasteiger partial charge in [0.15, 0.2) is 0 Å². The van der Waals surface area contributed by atoms with Gasteiger partial charge >= 0.3 is 0 Å². The number of benzene rings is 3. The number of rotatable bonds is 5. The smallest absolute Gasteiger partial charge is 0.150 e. The first-order chi connectivity index (χ1) is 11.3. The maximum absolute atomic E-state index is 14.2. The molecule has 0 bridgehead atoms. The molecule has 0 saturated heterocycles. The minimum absolute atomic E-state index is 0.360. The largest absolute Gasteiger partial charge is 0.488 e. The number of hydrogen-bond acceptors (Lipinski definition) is 2. The summed E-state index contributed by atoms with van der Waals surface area (Å²) in [6.07, 6.45) is 0.705. The summed E-state index contributed by atoms with van der Waals surface area (Å²) in [5, 5.41) is 0. The summed E-state index contributed by atoms with van der Waals surface area (Å²) in [7, 11) is 0. The van der Waals surface area contributed by atoms with Gasteiger partial charge in [-0.25, -0.2) is 4.39 Å². The van der Waals surface area contributed by atoms with Crippen molar-refractivity contribution in [1.29, 1.82) is 0 Å². The van der Waals surface area contributed by atoms with Crippen LogP contribution in [0.2, 0.25) is 0 Å². The van der Waals surface area contributed by atoms with Crippen LogP contribution in [0.1, 0.15) is 15.9 Å². The summed E-state index contributed by atoms with van der Waals surface area (Å²) in [5.74, 6) is 0.199. The Balaban J connectivity index is 1.93. The Morgan fingerprint density at radius 2 is 1.61 bits per heavy atom. The molecule has 0 fully saturated rings. The molecule has 23 heavy (non-hydrogen) atoms. The van der Waals surface area contributed by atoms with Crippen molar-refractivity contribution in [2.24, 2.45) is 0 Å². The van der Waals surface area contributed by atoms with E-state index in [-0.39, 0.29) is 5.82 Å². The number of ether oxygens (including phenoxy) is 1. The Hall–Kier alpha value is -2.94. The molecule has 2 nitrogen and oxygen atoms in total. The standard InChI is InChI=1S/C20H15FO2/c21-19-11-10-16(13-22)12-18(19)17-8-4-5-9-20(17)23-14-15-6-2-1-3-7-15/h1-13H,14H2. The number of carbonyl (C=O) groups is 1. The Morgan fingerprint density at radius 1 is 0.870 bits per heavy atom. The molecule has 0 unspecified atom stereocenters. The zero-order valence-corrected chi connectivity index (χ0v) is 12.4. The van der Waals surface area contributed by atoms with Gasteiger partial charge in [-0.3, -0.25) is 4.79 Å². The van der Waals surface area contributed by atoms with E-state index in [9.17, 15) is 9.18 Å². The maximum atomic E-state index is 14.2. The highest BCUT2D eigenvalue weighted by molar-refractivity contribution is 5.80.